The molecule has 0 radical (unpaired) electrons. The summed E-state index contributed by atoms with van der Waals surface area (Å²) in [5.74, 6) is 0.151. The zero-order chi connectivity index (χ0) is 15.1. The normalized spacial score (nSPS) is 10.8. The molecular formula is C17H35NO2. The Hall–Kier alpha value is -0.570. The van der Waals surface area contributed by atoms with Crippen molar-refractivity contribution in [1.29, 1.82) is 0 Å². The van der Waals surface area contributed by atoms with Crippen molar-refractivity contribution < 1.29 is 9.63 Å². The predicted molar refractivity (Wildman–Crippen MR) is 85.5 cm³/mol. The fraction of sp³-hybridized carbons (Fsp3) is 0.941. The third-order valence-corrected chi connectivity index (χ3v) is 3.55. The average Bonchev–Trinajstić information content (AvgIpc) is 2.46. The van der Waals surface area contributed by atoms with Crippen LogP contribution in [0.2, 0.25) is 0 Å². The third kappa shape index (κ3) is 11.3. The van der Waals surface area contributed by atoms with E-state index in [1.54, 1.807) is 5.06 Å². The lowest BCUT2D eigenvalue weighted by Crippen LogP contribution is -2.31. The Bertz CT molecular complexity index is 219. The minimum atomic E-state index is 0.151. The van der Waals surface area contributed by atoms with Gasteiger partial charge in [0.1, 0.15) is 0 Å². The van der Waals surface area contributed by atoms with Crippen LogP contribution in [0.5, 0.6) is 0 Å². The molecule has 120 valence electrons. The zero-order valence-electron chi connectivity index (χ0n) is 14.0. The Balaban J connectivity index is 3.55. The van der Waals surface area contributed by atoms with Crippen LogP contribution in [0, 0.1) is 0 Å². The second-order valence-corrected chi connectivity index (χ2v) is 5.50. The molecule has 0 spiro atoms. The van der Waals surface area contributed by atoms with Crippen LogP contribution in [0.3, 0.4) is 0 Å². The van der Waals surface area contributed by atoms with Crippen molar-refractivity contribution in [3.63, 3.8) is 0 Å². The summed E-state index contributed by atoms with van der Waals surface area (Å²) in [5, 5.41) is 1.55. The van der Waals surface area contributed by atoms with Gasteiger partial charge < -0.3 is 0 Å². The Morgan fingerprint density at radius 2 is 1.35 bits per heavy atom. The molecule has 3 nitrogen and oxygen atoms in total. The average molecular weight is 285 g/mol. The van der Waals surface area contributed by atoms with E-state index in [1.807, 2.05) is 6.92 Å². The van der Waals surface area contributed by atoms with E-state index in [9.17, 15) is 4.79 Å². The number of hydroxylamine groups is 2. The zero-order valence-corrected chi connectivity index (χ0v) is 14.0. The highest BCUT2D eigenvalue weighted by molar-refractivity contribution is 5.74. The maximum atomic E-state index is 12.0. The van der Waals surface area contributed by atoms with Crippen LogP contribution < -0.4 is 0 Å². The number of unbranched alkanes of at least 4 members (excludes halogenated alkanes) is 8. The first kappa shape index (κ1) is 19.4. The molecule has 0 heterocycles. The standard InChI is InChI=1S/C17H35NO2/c1-4-7-9-10-11-12-13-15-17(19)18(6-3)20-16-14-8-5-2/h4-16H2,1-3H3. The lowest BCUT2D eigenvalue weighted by atomic mass is 10.1. The van der Waals surface area contributed by atoms with Crippen molar-refractivity contribution in [3.05, 3.63) is 0 Å². The first-order valence-corrected chi connectivity index (χ1v) is 8.69. The summed E-state index contributed by atoms with van der Waals surface area (Å²) < 4.78 is 0. The van der Waals surface area contributed by atoms with Gasteiger partial charge in [0.15, 0.2) is 0 Å². The molecule has 3 heteroatoms. The lowest BCUT2D eigenvalue weighted by Gasteiger charge is -2.20. The summed E-state index contributed by atoms with van der Waals surface area (Å²) in [4.78, 5) is 17.5. The summed E-state index contributed by atoms with van der Waals surface area (Å²) in [5.41, 5.74) is 0. The van der Waals surface area contributed by atoms with Gasteiger partial charge in [-0.15, -0.1) is 0 Å². The molecule has 0 N–H and O–H groups in total. The molecule has 0 unspecified atom stereocenters. The van der Waals surface area contributed by atoms with Crippen molar-refractivity contribution in [1.82, 2.24) is 5.06 Å². The maximum absolute atomic E-state index is 12.0. The number of amides is 1. The highest BCUT2D eigenvalue weighted by atomic mass is 16.7. The fourth-order valence-electron chi connectivity index (χ4n) is 2.22. The molecule has 0 rings (SSSR count). The molecule has 0 fully saturated rings. The quantitative estimate of drug-likeness (QED) is 0.328. The van der Waals surface area contributed by atoms with Crippen LogP contribution in [0.25, 0.3) is 0 Å². The van der Waals surface area contributed by atoms with E-state index in [1.165, 1.54) is 51.4 Å². The second-order valence-electron chi connectivity index (χ2n) is 5.50. The van der Waals surface area contributed by atoms with E-state index >= 15 is 0 Å². The van der Waals surface area contributed by atoms with Gasteiger partial charge in [-0.05, 0) is 19.8 Å². The summed E-state index contributed by atoms with van der Waals surface area (Å²) in [6.07, 6.45) is 12.7. The van der Waals surface area contributed by atoms with Crippen LogP contribution in [0.15, 0.2) is 0 Å². The van der Waals surface area contributed by atoms with E-state index in [0.29, 0.717) is 19.6 Å². The van der Waals surface area contributed by atoms with E-state index in [0.717, 1.165) is 12.8 Å². The predicted octanol–water partition coefficient (Wildman–Crippen LogP) is 5.10. The minimum Gasteiger partial charge on any atom is -0.273 e. The fourth-order valence-corrected chi connectivity index (χ4v) is 2.22. The number of hydrogen-bond donors (Lipinski definition) is 0. The van der Waals surface area contributed by atoms with E-state index in [4.69, 9.17) is 4.84 Å². The Morgan fingerprint density at radius 1 is 0.800 bits per heavy atom. The summed E-state index contributed by atoms with van der Waals surface area (Å²) >= 11 is 0. The number of rotatable bonds is 14. The lowest BCUT2D eigenvalue weighted by molar-refractivity contribution is -0.185. The smallest absolute Gasteiger partial charge is 0.246 e. The monoisotopic (exact) mass is 285 g/mol. The molecule has 0 aromatic carbocycles. The molecule has 0 aliphatic heterocycles. The van der Waals surface area contributed by atoms with E-state index in [2.05, 4.69) is 13.8 Å². The number of hydrogen-bond acceptors (Lipinski definition) is 2. The maximum Gasteiger partial charge on any atom is 0.246 e. The molecule has 0 aromatic rings. The number of nitrogens with zero attached hydrogens (tertiary/aromatic N) is 1. The van der Waals surface area contributed by atoms with E-state index < -0.39 is 0 Å². The minimum absolute atomic E-state index is 0.151. The van der Waals surface area contributed by atoms with Gasteiger partial charge in [0, 0.05) is 13.0 Å². The third-order valence-electron chi connectivity index (χ3n) is 3.55. The molecule has 0 aromatic heterocycles. The summed E-state index contributed by atoms with van der Waals surface area (Å²) in [7, 11) is 0. The van der Waals surface area contributed by atoms with Gasteiger partial charge >= 0.3 is 0 Å². The van der Waals surface area contributed by atoms with Gasteiger partial charge in [-0.2, -0.15) is 0 Å². The number of carbonyl (C=O) groups excluding carboxylic acids is 1. The summed E-state index contributed by atoms with van der Waals surface area (Å²) in [6.45, 7) is 7.70. The van der Waals surface area contributed by atoms with Gasteiger partial charge in [0.05, 0.1) is 6.61 Å². The highest BCUT2D eigenvalue weighted by Gasteiger charge is 2.11. The first-order chi connectivity index (χ1) is 9.76. The van der Waals surface area contributed by atoms with Gasteiger partial charge in [-0.1, -0.05) is 65.2 Å². The molecule has 1 amide bonds. The molecule has 20 heavy (non-hydrogen) atoms. The molecule has 0 saturated carbocycles. The van der Waals surface area contributed by atoms with Crippen molar-refractivity contribution in [2.24, 2.45) is 0 Å². The van der Waals surface area contributed by atoms with Gasteiger partial charge in [-0.3, -0.25) is 9.63 Å². The van der Waals surface area contributed by atoms with Crippen molar-refractivity contribution >= 4 is 5.91 Å². The van der Waals surface area contributed by atoms with Crippen LogP contribution in [0.1, 0.15) is 91.4 Å². The molecule has 0 aliphatic rings. The van der Waals surface area contributed by atoms with Crippen molar-refractivity contribution in [2.75, 3.05) is 13.2 Å². The second kappa shape index (κ2) is 14.8. The van der Waals surface area contributed by atoms with Crippen LogP contribution >= 0.6 is 0 Å². The molecule has 0 bridgehead atoms. The SMILES string of the molecule is CCCCCCCCCC(=O)N(CC)OCCCCC. The van der Waals surface area contributed by atoms with E-state index in [-0.39, 0.29) is 5.91 Å². The highest BCUT2D eigenvalue weighted by Crippen LogP contribution is 2.10. The molecule has 0 atom stereocenters. The number of carbonyl (C=O) groups is 1. The van der Waals surface area contributed by atoms with Gasteiger partial charge in [0.2, 0.25) is 5.91 Å². The Morgan fingerprint density at radius 3 is 1.95 bits per heavy atom. The summed E-state index contributed by atoms with van der Waals surface area (Å²) in [6, 6.07) is 0. The Kier molecular flexibility index (Phi) is 14.4. The van der Waals surface area contributed by atoms with Crippen molar-refractivity contribution in [3.8, 4) is 0 Å². The largest absolute Gasteiger partial charge is 0.273 e. The molecule has 0 aliphatic carbocycles. The van der Waals surface area contributed by atoms with Gasteiger partial charge in [0.25, 0.3) is 0 Å². The van der Waals surface area contributed by atoms with Crippen LogP contribution in [-0.4, -0.2) is 24.1 Å². The molecular weight excluding hydrogens is 250 g/mol. The van der Waals surface area contributed by atoms with Gasteiger partial charge in [-0.25, -0.2) is 5.06 Å². The van der Waals surface area contributed by atoms with Crippen LogP contribution in [-0.2, 0) is 9.63 Å². The Labute approximate surface area is 126 Å². The first-order valence-electron chi connectivity index (χ1n) is 8.69. The topological polar surface area (TPSA) is 29.5 Å². The van der Waals surface area contributed by atoms with Crippen molar-refractivity contribution in [2.45, 2.75) is 91.4 Å². The van der Waals surface area contributed by atoms with Crippen LogP contribution in [0.4, 0.5) is 0 Å². The molecule has 0 saturated heterocycles.